The molecule has 2 aromatic rings. The third-order valence-electron chi connectivity index (χ3n) is 4.84. The molecule has 3 N–H and O–H groups in total. The second-order valence-electron chi connectivity index (χ2n) is 7.19. The maximum absolute atomic E-state index is 13.8. The Labute approximate surface area is 168 Å². The fourth-order valence-corrected chi connectivity index (χ4v) is 3.36. The Morgan fingerprint density at radius 1 is 1.52 bits per heavy atom. The summed E-state index contributed by atoms with van der Waals surface area (Å²) in [5, 5.41) is 18.6. The maximum atomic E-state index is 13.8. The van der Waals surface area contributed by atoms with Crippen molar-refractivity contribution in [1.29, 1.82) is 5.26 Å². The molecule has 29 heavy (non-hydrogen) atoms. The average Bonchev–Trinajstić information content (AvgIpc) is 2.71. The number of anilines is 1. The number of piperidine rings is 1. The van der Waals surface area contributed by atoms with Crippen molar-refractivity contribution in [2.45, 2.75) is 38.5 Å². The van der Waals surface area contributed by atoms with E-state index in [1.165, 1.54) is 29.0 Å². The van der Waals surface area contributed by atoms with Gasteiger partial charge < -0.3 is 20.5 Å². The van der Waals surface area contributed by atoms with Crippen LogP contribution >= 0.6 is 0 Å². The molecular formula is C20H24FN5O3. The highest BCUT2D eigenvalue weighted by Gasteiger charge is 2.23. The van der Waals surface area contributed by atoms with Crippen LogP contribution in [0.15, 0.2) is 29.2 Å². The van der Waals surface area contributed by atoms with Crippen molar-refractivity contribution in [3.63, 3.8) is 0 Å². The Hall–Kier alpha value is -2.96. The summed E-state index contributed by atoms with van der Waals surface area (Å²) in [5.74, 6) is -0.128. The predicted octanol–water partition coefficient (Wildman–Crippen LogP) is 0.989. The molecule has 1 aromatic heterocycles. The lowest BCUT2D eigenvalue weighted by molar-refractivity contribution is 0.127. The normalized spacial score (nSPS) is 17.6. The summed E-state index contributed by atoms with van der Waals surface area (Å²) in [7, 11) is 0. The number of aromatic nitrogens is 2. The average molecular weight is 401 g/mol. The van der Waals surface area contributed by atoms with Gasteiger partial charge in [-0.25, -0.2) is 9.37 Å². The highest BCUT2D eigenvalue weighted by Crippen LogP contribution is 2.20. The molecule has 0 amide bonds. The van der Waals surface area contributed by atoms with Gasteiger partial charge in [0, 0.05) is 19.1 Å². The van der Waals surface area contributed by atoms with E-state index in [1.54, 1.807) is 6.92 Å². The number of rotatable bonds is 6. The number of benzene rings is 1. The van der Waals surface area contributed by atoms with Gasteiger partial charge in [0.05, 0.1) is 31.0 Å². The Morgan fingerprint density at radius 2 is 2.31 bits per heavy atom. The largest absolute Gasteiger partial charge is 0.481 e. The zero-order valence-corrected chi connectivity index (χ0v) is 16.2. The van der Waals surface area contributed by atoms with Crippen molar-refractivity contribution in [1.82, 2.24) is 9.55 Å². The molecule has 0 saturated carbocycles. The molecule has 1 unspecified atom stereocenters. The van der Waals surface area contributed by atoms with E-state index in [-0.39, 0.29) is 30.5 Å². The number of nitrogens with two attached hydrogens (primary N) is 1. The molecule has 1 aliphatic rings. The van der Waals surface area contributed by atoms with Crippen LogP contribution < -0.4 is 20.9 Å². The van der Waals surface area contributed by atoms with Crippen LogP contribution in [0.1, 0.15) is 30.9 Å². The van der Waals surface area contributed by atoms with Crippen molar-refractivity contribution < 1.29 is 14.2 Å². The molecule has 3 rings (SSSR count). The summed E-state index contributed by atoms with van der Waals surface area (Å²) in [4.78, 5) is 19.5. The van der Waals surface area contributed by atoms with Crippen LogP contribution in [0.2, 0.25) is 0 Å². The van der Waals surface area contributed by atoms with E-state index in [9.17, 15) is 19.6 Å². The summed E-state index contributed by atoms with van der Waals surface area (Å²) < 4.78 is 20.7. The number of nitriles is 1. The van der Waals surface area contributed by atoms with Gasteiger partial charge in [-0.2, -0.15) is 5.26 Å². The quantitative estimate of drug-likeness (QED) is 0.741. The van der Waals surface area contributed by atoms with E-state index < -0.39 is 17.5 Å². The molecule has 1 aliphatic heterocycles. The highest BCUT2D eigenvalue weighted by molar-refractivity contribution is 5.41. The van der Waals surface area contributed by atoms with Gasteiger partial charge >= 0.3 is 0 Å². The number of ether oxygens (including phenoxy) is 1. The number of hydrogen-bond acceptors (Lipinski definition) is 7. The molecule has 1 saturated heterocycles. The molecular weight excluding hydrogens is 377 g/mol. The second-order valence-corrected chi connectivity index (χ2v) is 7.19. The van der Waals surface area contributed by atoms with Crippen LogP contribution in [0, 0.1) is 17.1 Å². The van der Waals surface area contributed by atoms with Crippen molar-refractivity contribution >= 4 is 5.95 Å². The minimum Gasteiger partial charge on any atom is -0.481 e. The summed E-state index contributed by atoms with van der Waals surface area (Å²) in [6.45, 7) is 2.54. The third-order valence-corrected chi connectivity index (χ3v) is 4.84. The number of aliphatic hydroxyl groups is 1. The van der Waals surface area contributed by atoms with Crippen LogP contribution in [0.3, 0.4) is 0 Å². The molecule has 0 radical (unpaired) electrons. The van der Waals surface area contributed by atoms with Crippen molar-refractivity contribution in [3.8, 4) is 11.8 Å². The second kappa shape index (κ2) is 9.03. The topological polar surface area (TPSA) is 117 Å². The summed E-state index contributed by atoms with van der Waals surface area (Å²) >= 11 is 0. The monoisotopic (exact) mass is 401 g/mol. The first-order chi connectivity index (χ1) is 13.9. The summed E-state index contributed by atoms with van der Waals surface area (Å²) in [5.41, 5.74) is 6.25. The van der Waals surface area contributed by atoms with Crippen LogP contribution in [0.4, 0.5) is 10.3 Å². The Morgan fingerprint density at radius 3 is 3.00 bits per heavy atom. The lowest BCUT2D eigenvalue weighted by Crippen LogP contribution is -2.45. The molecule has 0 spiro atoms. The molecule has 0 aliphatic carbocycles. The van der Waals surface area contributed by atoms with E-state index in [1.807, 2.05) is 11.0 Å². The van der Waals surface area contributed by atoms with Gasteiger partial charge in [-0.05, 0) is 43.5 Å². The van der Waals surface area contributed by atoms with E-state index >= 15 is 0 Å². The molecule has 154 valence electrons. The third kappa shape index (κ3) is 4.72. The van der Waals surface area contributed by atoms with E-state index in [0.717, 1.165) is 12.8 Å². The molecule has 9 heteroatoms. The van der Waals surface area contributed by atoms with Crippen LogP contribution in [0.5, 0.6) is 5.75 Å². The zero-order chi connectivity index (χ0) is 21.0. The fraction of sp³-hybridized carbons (Fsp3) is 0.450. The van der Waals surface area contributed by atoms with Gasteiger partial charge in [0.1, 0.15) is 11.9 Å². The number of hydrogen-bond donors (Lipinski definition) is 2. The summed E-state index contributed by atoms with van der Waals surface area (Å²) in [6.07, 6.45) is 2.49. The minimum absolute atomic E-state index is 0.0217. The van der Waals surface area contributed by atoms with Crippen LogP contribution in [0.25, 0.3) is 0 Å². The standard InChI is InChI=1S/C20H24FN5O3/c1-13(12-27)29-18-9-24-20(25-6-2-3-17(23)11-25)26(19(18)28)10-15-7-16(21)5-4-14(15)8-22/h4-5,7,9,13,17,27H,2-3,6,10-12,23H2,1H3/t13?,17-/m1/s1. The molecule has 2 atom stereocenters. The Balaban J connectivity index is 2.08. The summed E-state index contributed by atoms with van der Waals surface area (Å²) in [6, 6.07) is 5.81. The fourth-order valence-electron chi connectivity index (χ4n) is 3.36. The highest BCUT2D eigenvalue weighted by atomic mass is 19.1. The van der Waals surface area contributed by atoms with Gasteiger partial charge in [-0.15, -0.1) is 0 Å². The zero-order valence-electron chi connectivity index (χ0n) is 16.2. The van der Waals surface area contributed by atoms with Gasteiger partial charge in [0.25, 0.3) is 5.56 Å². The van der Waals surface area contributed by atoms with Gasteiger partial charge in [-0.3, -0.25) is 9.36 Å². The van der Waals surface area contributed by atoms with Crippen molar-refractivity contribution in [3.05, 3.63) is 51.7 Å². The SMILES string of the molecule is CC(CO)Oc1cnc(N2CCC[C@@H](N)C2)n(Cc2cc(F)ccc2C#N)c1=O. The predicted molar refractivity (Wildman–Crippen MR) is 105 cm³/mol. The van der Waals surface area contributed by atoms with Gasteiger partial charge in [-0.1, -0.05) is 0 Å². The van der Waals surface area contributed by atoms with E-state index in [4.69, 9.17) is 10.5 Å². The number of nitrogens with zero attached hydrogens (tertiary/aromatic N) is 4. The smallest absolute Gasteiger partial charge is 0.297 e. The maximum Gasteiger partial charge on any atom is 0.297 e. The number of aliphatic hydroxyl groups excluding tert-OH is 1. The number of halogens is 1. The first kappa shape index (κ1) is 20.8. The molecule has 0 bridgehead atoms. The van der Waals surface area contributed by atoms with Crippen LogP contribution in [-0.2, 0) is 6.54 Å². The van der Waals surface area contributed by atoms with Gasteiger partial charge in [0.15, 0.2) is 0 Å². The lowest BCUT2D eigenvalue weighted by Gasteiger charge is -2.33. The molecule has 2 heterocycles. The molecule has 8 nitrogen and oxygen atoms in total. The Bertz CT molecular complexity index is 972. The first-order valence-corrected chi connectivity index (χ1v) is 9.49. The van der Waals surface area contributed by atoms with Crippen LogP contribution in [-0.4, -0.2) is 46.5 Å². The first-order valence-electron chi connectivity index (χ1n) is 9.49. The van der Waals surface area contributed by atoms with Crippen molar-refractivity contribution in [2.75, 3.05) is 24.6 Å². The lowest BCUT2D eigenvalue weighted by atomic mass is 10.1. The van der Waals surface area contributed by atoms with Gasteiger partial charge in [0.2, 0.25) is 11.7 Å². The Kier molecular flexibility index (Phi) is 6.46. The molecule has 1 fully saturated rings. The molecule has 1 aromatic carbocycles. The van der Waals surface area contributed by atoms with Crippen molar-refractivity contribution in [2.24, 2.45) is 5.73 Å². The minimum atomic E-state index is -0.587. The van der Waals surface area contributed by atoms with E-state index in [0.29, 0.717) is 24.6 Å². The van der Waals surface area contributed by atoms with E-state index in [2.05, 4.69) is 4.98 Å².